The van der Waals surface area contributed by atoms with Crippen LogP contribution in [0.15, 0.2) is 12.4 Å². The summed E-state index contributed by atoms with van der Waals surface area (Å²) in [6.45, 7) is 5.41. The minimum Gasteiger partial charge on any atom is -0.370 e. The third kappa shape index (κ3) is 2.89. The molecule has 1 aromatic heterocycles. The summed E-state index contributed by atoms with van der Waals surface area (Å²) in [6, 6.07) is 1.98. The molecule has 2 rings (SSSR count). The molecule has 82 valence electrons. The van der Waals surface area contributed by atoms with Gasteiger partial charge in [-0.15, -0.1) is 0 Å². The summed E-state index contributed by atoms with van der Waals surface area (Å²) in [6.07, 6.45) is 2.89. The molecule has 0 bridgehead atoms. The maximum absolute atomic E-state index is 4.18. The highest BCUT2D eigenvalue weighted by molar-refractivity contribution is 5.34. The number of rotatable bonds is 3. The third-order valence-corrected chi connectivity index (χ3v) is 2.86. The number of hydrogen-bond donors (Lipinski definition) is 1. The predicted molar refractivity (Wildman–Crippen MR) is 60.9 cm³/mol. The Morgan fingerprint density at radius 1 is 1.53 bits per heavy atom. The van der Waals surface area contributed by atoms with E-state index in [0.717, 1.165) is 24.0 Å². The van der Waals surface area contributed by atoms with Crippen molar-refractivity contribution in [3.63, 3.8) is 0 Å². The van der Waals surface area contributed by atoms with Gasteiger partial charge in [0.15, 0.2) is 0 Å². The number of aromatic nitrogens is 2. The molecule has 0 aromatic carbocycles. The van der Waals surface area contributed by atoms with Gasteiger partial charge in [0.25, 0.3) is 0 Å². The van der Waals surface area contributed by atoms with Crippen molar-refractivity contribution in [1.29, 1.82) is 0 Å². The molecule has 4 nitrogen and oxygen atoms in total. The number of aryl methyl sites for hydroxylation is 1. The van der Waals surface area contributed by atoms with Crippen LogP contribution in [0.2, 0.25) is 0 Å². The van der Waals surface area contributed by atoms with E-state index in [4.69, 9.17) is 0 Å². The second kappa shape index (κ2) is 4.57. The van der Waals surface area contributed by atoms with Gasteiger partial charge in [-0.2, -0.15) is 0 Å². The number of anilines is 1. The van der Waals surface area contributed by atoms with Crippen molar-refractivity contribution in [1.82, 2.24) is 14.9 Å². The smallest absolute Gasteiger partial charge is 0.129 e. The van der Waals surface area contributed by atoms with Gasteiger partial charge in [-0.1, -0.05) is 0 Å². The lowest BCUT2D eigenvalue weighted by Crippen LogP contribution is -2.19. The molecule has 0 radical (unpaired) electrons. The highest BCUT2D eigenvalue weighted by Gasteiger charge is 2.18. The Morgan fingerprint density at radius 3 is 3.07 bits per heavy atom. The lowest BCUT2D eigenvalue weighted by Gasteiger charge is -2.11. The highest BCUT2D eigenvalue weighted by atomic mass is 15.1. The Labute approximate surface area is 90.7 Å². The summed E-state index contributed by atoms with van der Waals surface area (Å²) in [7, 11) is 2.18. The van der Waals surface area contributed by atoms with Crippen molar-refractivity contribution in [2.24, 2.45) is 5.92 Å². The van der Waals surface area contributed by atoms with E-state index < -0.39 is 0 Å². The molecule has 0 spiro atoms. The van der Waals surface area contributed by atoms with Gasteiger partial charge >= 0.3 is 0 Å². The molecule has 1 aromatic rings. The quantitative estimate of drug-likeness (QED) is 0.805. The first-order valence-corrected chi connectivity index (χ1v) is 5.45. The second-order valence-corrected chi connectivity index (χ2v) is 4.34. The van der Waals surface area contributed by atoms with Crippen molar-refractivity contribution in [3.05, 3.63) is 18.1 Å². The van der Waals surface area contributed by atoms with E-state index in [1.807, 2.05) is 13.0 Å². The second-order valence-electron chi connectivity index (χ2n) is 4.34. The molecule has 1 saturated heterocycles. The Hall–Kier alpha value is -1.16. The first-order chi connectivity index (χ1) is 7.24. The summed E-state index contributed by atoms with van der Waals surface area (Å²) < 4.78 is 0. The van der Waals surface area contributed by atoms with E-state index in [1.54, 1.807) is 6.33 Å². The zero-order chi connectivity index (χ0) is 10.7. The van der Waals surface area contributed by atoms with Crippen molar-refractivity contribution in [2.45, 2.75) is 13.3 Å². The Kier molecular flexibility index (Phi) is 3.16. The lowest BCUT2D eigenvalue weighted by molar-refractivity contribution is 0.399. The third-order valence-electron chi connectivity index (χ3n) is 2.86. The van der Waals surface area contributed by atoms with Gasteiger partial charge in [-0.25, -0.2) is 9.97 Å². The topological polar surface area (TPSA) is 41.0 Å². The number of likely N-dealkylation sites (tertiary alicyclic amines) is 1. The Balaban J connectivity index is 1.83. The van der Waals surface area contributed by atoms with E-state index in [0.29, 0.717) is 0 Å². The highest BCUT2D eigenvalue weighted by Crippen LogP contribution is 2.14. The molecule has 2 heterocycles. The maximum atomic E-state index is 4.18. The fraction of sp³-hybridized carbons (Fsp3) is 0.636. The van der Waals surface area contributed by atoms with E-state index in [-0.39, 0.29) is 0 Å². The van der Waals surface area contributed by atoms with Crippen LogP contribution in [0, 0.1) is 12.8 Å². The van der Waals surface area contributed by atoms with E-state index >= 15 is 0 Å². The molecule has 1 N–H and O–H groups in total. The van der Waals surface area contributed by atoms with Crippen LogP contribution in [-0.2, 0) is 0 Å². The van der Waals surface area contributed by atoms with Gasteiger partial charge in [0.2, 0.25) is 0 Å². The molecule has 1 aliphatic heterocycles. The van der Waals surface area contributed by atoms with Gasteiger partial charge in [-0.3, -0.25) is 0 Å². The molecule has 1 unspecified atom stereocenters. The minimum absolute atomic E-state index is 0.755. The molecule has 0 aliphatic carbocycles. The van der Waals surface area contributed by atoms with Crippen LogP contribution in [0.1, 0.15) is 12.1 Å². The minimum atomic E-state index is 0.755. The molecule has 0 saturated carbocycles. The van der Waals surface area contributed by atoms with Gasteiger partial charge < -0.3 is 10.2 Å². The summed E-state index contributed by atoms with van der Waals surface area (Å²) in [5.41, 5.74) is 1.01. The molecule has 4 heteroatoms. The van der Waals surface area contributed by atoms with Gasteiger partial charge in [0.05, 0.1) is 0 Å². The number of hydrogen-bond acceptors (Lipinski definition) is 4. The van der Waals surface area contributed by atoms with Crippen LogP contribution >= 0.6 is 0 Å². The van der Waals surface area contributed by atoms with E-state index in [1.165, 1.54) is 19.5 Å². The monoisotopic (exact) mass is 206 g/mol. The molecule has 1 fully saturated rings. The van der Waals surface area contributed by atoms with Crippen LogP contribution in [0.4, 0.5) is 5.82 Å². The van der Waals surface area contributed by atoms with Gasteiger partial charge in [-0.05, 0) is 32.9 Å². The Bertz CT molecular complexity index is 326. The number of nitrogens with one attached hydrogen (secondary N) is 1. The fourth-order valence-electron chi connectivity index (χ4n) is 1.99. The zero-order valence-corrected chi connectivity index (χ0v) is 9.40. The van der Waals surface area contributed by atoms with Crippen molar-refractivity contribution >= 4 is 5.82 Å². The first-order valence-electron chi connectivity index (χ1n) is 5.45. The summed E-state index contributed by atoms with van der Waals surface area (Å²) in [5, 5.41) is 3.37. The van der Waals surface area contributed by atoms with Gasteiger partial charge in [0, 0.05) is 24.8 Å². The zero-order valence-electron chi connectivity index (χ0n) is 9.40. The average Bonchev–Trinajstić information content (AvgIpc) is 2.62. The normalized spacial score (nSPS) is 21.9. The average molecular weight is 206 g/mol. The summed E-state index contributed by atoms with van der Waals surface area (Å²) >= 11 is 0. The largest absolute Gasteiger partial charge is 0.370 e. The van der Waals surface area contributed by atoms with Crippen LogP contribution < -0.4 is 5.32 Å². The fourth-order valence-corrected chi connectivity index (χ4v) is 1.99. The molecule has 0 amide bonds. The molecule has 1 aliphatic rings. The lowest BCUT2D eigenvalue weighted by atomic mass is 10.1. The van der Waals surface area contributed by atoms with Crippen molar-refractivity contribution in [2.75, 3.05) is 32.0 Å². The maximum Gasteiger partial charge on any atom is 0.129 e. The van der Waals surface area contributed by atoms with E-state index in [9.17, 15) is 0 Å². The van der Waals surface area contributed by atoms with Crippen LogP contribution in [0.5, 0.6) is 0 Å². The molecule has 15 heavy (non-hydrogen) atoms. The predicted octanol–water partition coefficient (Wildman–Crippen LogP) is 1.15. The van der Waals surface area contributed by atoms with Crippen molar-refractivity contribution in [3.8, 4) is 0 Å². The van der Waals surface area contributed by atoms with E-state index in [2.05, 4.69) is 27.2 Å². The molecular formula is C11H18N4. The van der Waals surface area contributed by atoms with Gasteiger partial charge in [0.1, 0.15) is 12.1 Å². The molecule has 1 atom stereocenters. The van der Waals surface area contributed by atoms with Crippen LogP contribution in [-0.4, -0.2) is 41.5 Å². The summed E-state index contributed by atoms with van der Waals surface area (Å²) in [4.78, 5) is 10.6. The van der Waals surface area contributed by atoms with Crippen LogP contribution in [0.25, 0.3) is 0 Å². The van der Waals surface area contributed by atoms with Crippen LogP contribution in [0.3, 0.4) is 0 Å². The van der Waals surface area contributed by atoms with Crippen molar-refractivity contribution < 1.29 is 0 Å². The Morgan fingerprint density at radius 2 is 2.40 bits per heavy atom. The SMILES string of the molecule is Cc1cc(NCC2CCN(C)C2)ncn1. The standard InChI is InChI=1S/C11H18N4/c1-9-5-11(14-8-13-9)12-6-10-3-4-15(2)7-10/h5,8,10H,3-4,6-7H2,1-2H3,(H,12,13,14). The first kappa shape index (κ1) is 10.4. The molecular weight excluding hydrogens is 188 g/mol. The number of nitrogens with zero attached hydrogens (tertiary/aromatic N) is 3. The summed E-state index contributed by atoms with van der Waals surface area (Å²) in [5.74, 6) is 1.70.